The van der Waals surface area contributed by atoms with Crippen molar-refractivity contribution in [3.8, 4) is 5.88 Å². The van der Waals surface area contributed by atoms with Crippen molar-refractivity contribution in [3.63, 3.8) is 0 Å². The summed E-state index contributed by atoms with van der Waals surface area (Å²) in [7, 11) is -0.284. The van der Waals surface area contributed by atoms with Crippen LogP contribution in [0, 0.1) is 11.6 Å². The number of benzene rings is 1. The third kappa shape index (κ3) is 3.75. The highest BCUT2D eigenvalue weighted by Crippen LogP contribution is 2.25. The number of hydrogen-bond donors (Lipinski definition) is 0. The summed E-state index contributed by atoms with van der Waals surface area (Å²) in [5.74, 6) is -1.38. The van der Waals surface area contributed by atoms with Crippen molar-refractivity contribution in [1.82, 2.24) is 14.3 Å². The molecule has 7 nitrogen and oxygen atoms in total. The first-order valence-corrected chi connectivity index (χ1v) is 9.32. The molecule has 0 aliphatic carbocycles. The van der Waals surface area contributed by atoms with Crippen LogP contribution in [0.2, 0.25) is 0 Å². The molecule has 3 rings (SSSR count). The molecule has 140 valence electrons. The van der Waals surface area contributed by atoms with Gasteiger partial charge in [-0.1, -0.05) is 0 Å². The van der Waals surface area contributed by atoms with Crippen LogP contribution >= 0.6 is 0 Å². The van der Waals surface area contributed by atoms with Gasteiger partial charge in [-0.3, -0.25) is 4.98 Å². The van der Waals surface area contributed by atoms with E-state index in [0.29, 0.717) is 24.2 Å². The molecule has 1 fully saturated rings. The molecule has 0 radical (unpaired) electrons. The topological polar surface area (TPSA) is 75.6 Å². The standard InChI is InChI=1S/C16H18F2N4O3S/c1-21(2)15-8-19-9-16(20-15)25-11-5-6-22(10-11)26(23,24)12-3-4-13(17)14(18)7-12/h3-4,7-9,11H,5-6,10H2,1-2H3. The zero-order valence-corrected chi connectivity index (χ0v) is 15.1. The molecule has 1 aliphatic rings. The van der Waals surface area contributed by atoms with Crippen LogP contribution in [0.3, 0.4) is 0 Å². The van der Waals surface area contributed by atoms with Crippen LogP contribution in [-0.4, -0.2) is 56.0 Å². The van der Waals surface area contributed by atoms with Crippen molar-refractivity contribution in [1.29, 1.82) is 0 Å². The average Bonchev–Trinajstić information content (AvgIpc) is 3.06. The number of aromatic nitrogens is 2. The van der Waals surface area contributed by atoms with Crippen molar-refractivity contribution in [2.45, 2.75) is 17.4 Å². The minimum Gasteiger partial charge on any atom is -0.472 e. The molecule has 1 aromatic heterocycles. The van der Waals surface area contributed by atoms with Crippen molar-refractivity contribution >= 4 is 15.8 Å². The van der Waals surface area contributed by atoms with Crippen LogP contribution in [0.1, 0.15) is 6.42 Å². The van der Waals surface area contributed by atoms with E-state index in [1.807, 2.05) is 14.1 Å². The summed E-state index contributed by atoms with van der Waals surface area (Å²) in [6.45, 7) is 0.308. The molecule has 0 saturated carbocycles. The van der Waals surface area contributed by atoms with Gasteiger partial charge in [-0.25, -0.2) is 17.2 Å². The summed E-state index contributed by atoms with van der Waals surface area (Å²) < 4.78 is 58.5. The highest BCUT2D eigenvalue weighted by atomic mass is 32.2. The molecular weight excluding hydrogens is 366 g/mol. The molecular formula is C16H18F2N4O3S. The number of hydrogen-bond acceptors (Lipinski definition) is 6. The molecule has 1 atom stereocenters. The van der Waals surface area contributed by atoms with Crippen LogP contribution in [0.15, 0.2) is 35.5 Å². The maximum absolute atomic E-state index is 13.4. The predicted octanol–water partition coefficient (Wildman–Crippen LogP) is 1.66. The Morgan fingerprint density at radius 1 is 1.23 bits per heavy atom. The first kappa shape index (κ1) is 18.5. The largest absolute Gasteiger partial charge is 0.472 e. The Hall–Kier alpha value is -2.33. The van der Waals surface area contributed by atoms with Gasteiger partial charge in [-0.15, -0.1) is 0 Å². The molecule has 26 heavy (non-hydrogen) atoms. The predicted molar refractivity (Wildman–Crippen MR) is 90.5 cm³/mol. The summed E-state index contributed by atoms with van der Waals surface area (Å²) in [6, 6.07) is 2.54. The Morgan fingerprint density at radius 3 is 2.69 bits per heavy atom. The van der Waals surface area contributed by atoms with Gasteiger partial charge in [-0.05, 0) is 24.6 Å². The van der Waals surface area contributed by atoms with Crippen LogP contribution < -0.4 is 9.64 Å². The second-order valence-corrected chi connectivity index (χ2v) is 8.02. The third-order valence-electron chi connectivity index (χ3n) is 3.98. The molecule has 1 aliphatic heterocycles. The number of rotatable bonds is 5. The average molecular weight is 384 g/mol. The Balaban J connectivity index is 1.71. The van der Waals surface area contributed by atoms with Gasteiger partial charge < -0.3 is 9.64 Å². The lowest BCUT2D eigenvalue weighted by Crippen LogP contribution is -2.31. The number of nitrogens with zero attached hydrogens (tertiary/aromatic N) is 4. The number of sulfonamides is 1. The number of anilines is 1. The molecule has 10 heteroatoms. The van der Waals surface area contributed by atoms with Crippen molar-refractivity contribution in [3.05, 3.63) is 42.2 Å². The van der Waals surface area contributed by atoms with Crippen molar-refractivity contribution in [2.75, 3.05) is 32.1 Å². The van der Waals surface area contributed by atoms with Crippen LogP contribution in [-0.2, 0) is 10.0 Å². The molecule has 1 unspecified atom stereocenters. The van der Waals surface area contributed by atoms with Gasteiger partial charge in [-0.2, -0.15) is 9.29 Å². The summed E-state index contributed by atoms with van der Waals surface area (Å²) >= 11 is 0. The first-order valence-electron chi connectivity index (χ1n) is 7.88. The van der Waals surface area contributed by atoms with E-state index in [-0.39, 0.29) is 18.0 Å². The lowest BCUT2D eigenvalue weighted by atomic mass is 10.3. The van der Waals surface area contributed by atoms with E-state index in [0.717, 1.165) is 12.1 Å². The quantitative estimate of drug-likeness (QED) is 0.781. The minimum absolute atomic E-state index is 0.0925. The molecule has 0 N–H and O–H groups in total. The Labute approximate surface area is 150 Å². The molecule has 2 aromatic rings. The highest BCUT2D eigenvalue weighted by molar-refractivity contribution is 7.89. The molecule has 1 saturated heterocycles. The third-order valence-corrected chi connectivity index (χ3v) is 5.84. The monoisotopic (exact) mass is 384 g/mol. The lowest BCUT2D eigenvalue weighted by Gasteiger charge is -2.17. The number of ether oxygens (including phenoxy) is 1. The normalized spacial score (nSPS) is 18.1. The second kappa shape index (κ2) is 7.12. The van der Waals surface area contributed by atoms with E-state index >= 15 is 0 Å². The van der Waals surface area contributed by atoms with E-state index < -0.39 is 27.8 Å². The van der Waals surface area contributed by atoms with E-state index in [2.05, 4.69) is 9.97 Å². The fourth-order valence-electron chi connectivity index (χ4n) is 2.58. The first-order chi connectivity index (χ1) is 12.3. The van der Waals surface area contributed by atoms with E-state index in [4.69, 9.17) is 4.74 Å². The van der Waals surface area contributed by atoms with Gasteiger partial charge in [0.2, 0.25) is 15.9 Å². The summed E-state index contributed by atoms with van der Waals surface area (Å²) in [6.07, 6.45) is 3.10. The molecule has 0 amide bonds. The van der Waals surface area contributed by atoms with Gasteiger partial charge in [0, 0.05) is 20.6 Å². The summed E-state index contributed by atoms with van der Waals surface area (Å²) in [5.41, 5.74) is 0. The van der Waals surface area contributed by atoms with E-state index in [1.165, 1.54) is 10.5 Å². The Bertz CT molecular complexity index is 908. The van der Waals surface area contributed by atoms with Crippen LogP contribution in [0.4, 0.5) is 14.6 Å². The maximum atomic E-state index is 13.4. The van der Waals surface area contributed by atoms with Gasteiger partial charge in [0.15, 0.2) is 17.5 Å². The SMILES string of the molecule is CN(C)c1cncc(OC2CCN(S(=O)(=O)c3ccc(F)c(F)c3)C2)n1. The fraction of sp³-hybridized carbons (Fsp3) is 0.375. The Morgan fingerprint density at radius 2 is 2.00 bits per heavy atom. The maximum Gasteiger partial charge on any atom is 0.243 e. The summed E-state index contributed by atoms with van der Waals surface area (Å²) in [4.78, 5) is 9.81. The zero-order chi connectivity index (χ0) is 18.9. The van der Waals surface area contributed by atoms with E-state index in [9.17, 15) is 17.2 Å². The van der Waals surface area contributed by atoms with Crippen molar-refractivity contribution < 1.29 is 21.9 Å². The zero-order valence-electron chi connectivity index (χ0n) is 14.3. The summed E-state index contributed by atoms with van der Waals surface area (Å²) in [5, 5.41) is 0. The van der Waals surface area contributed by atoms with Crippen molar-refractivity contribution in [2.24, 2.45) is 0 Å². The lowest BCUT2D eigenvalue weighted by molar-refractivity contribution is 0.206. The molecule has 0 bridgehead atoms. The van der Waals surface area contributed by atoms with Gasteiger partial charge >= 0.3 is 0 Å². The molecule has 0 spiro atoms. The smallest absolute Gasteiger partial charge is 0.243 e. The molecule has 2 heterocycles. The second-order valence-electron chi connectivity index (χ2n) is 6.08. The fourth-order valence-corrected chi connectivity index (χ4v) is 4.08. The van der Waals surface area contributed by atoms with Gasteiger partial charge in [0.25, 0.3) is 0 Å². The Kier molecular flexibility index (Phi) is 5.05. The van der Waals surface area contributed by atoms with Crippen LogP contribution in [0.5, 0.6) is 5.88 Å². The highest BCUT2D eigenvalue weighted by Gasteiger charge is 2.34. The minimum atomic E-state index is -3.92. The number of halogens is 2. The van der Waals surface area contributed by atoms with E-state index in [1.54, 1.807) is 11.1 Å². The van der Waals surface area contributed by atoms with Crippen LogP contribution in [0.25, 0.3) is 0 Å². The van der Waals surface area contributed by atoms with Gasteiger partial charge in [0.1, 0.15) is 6.10 Å². The molecule has 1 aromatic carbocycles. The van der Waals surface area contributed by atoms with Gasteiger partial charge in [0.05, 0.1) is 23.8 Å².